The highest BCUT2D eigenvalue weighted by molar-refractivity contribution is 7.12. The molecule has 0 aliphatic heterocycles. The fraction of sp³-hybridized carbons (Fsp3) is 0.100. The number of Topliss-reactive ketones (excluding diaryl/α,β-unsaturated/α-hetero) is 1. The van der Waals surface area contributed by atoms with E-state index in [4.69, 9.17) is 0 Å². The topological polar surface area (TPSA) is 33.8 Å². The van der Waals surface area contributed by atoms with Gasteiger partial charge >= 0.3 is 0 Å². The maximum atomic E-state index is 11.6. The van der Waals surface area contributed by atoms with Crippen LogP contribution in [-0.2, 0) is 6.54 Å². The predicted molar refractivity (Wildman–Crippen MR) is 53.1 cm³/mol. The molecule has 0 N–H and O–H groups in total. The number of rotatable bonds is 3. The molecule has 0 unspecified atom stereocenters. The van der Waals surface area contributed by atoms with Crippen LogP contribution >= 0.6 is 11.3 Å². The van der Waals surface area contributed by atoms with Gasteiger partial charge in [-0.25, -0.2) is 0 Å². The summed E-state index contributed by atoms with van der Waals surface area (Å²) in [6.45, 7) is 0.307. The highest BCUT2D eigenvalue weighted by Crippen LogP contribution is 2.08. The Kier molecular flexibility index (Phi) is 2.65. The summed E-state index contributed by atoms with van der Waals surface area (Å²) in [5, 5.41) is 5.93. The van der Waals surface area contributed by atoms with Gasteiger partial charge in [0.15, 0.2) is 6.20 Å². The Balaban J connectivity index is 2.10. The molecule has 0 atom stereocenters. The summed E-state index contributed by atoms with van der Waals surface area (Å²) in [4.78, 5) is 12.4. The van der Waals surface area contributed by atoms with Crippen LogP contribution in [0.1, 0.15) is 9.67 Å². The van der Waals surface area contributed by atoms with E-state index < -0.39 is 0 Å². The summed E-state index contributed by atoms with van der Waals surface area (Å²) in [6.07, 6.45) is 3.45. The minimum Gasteiger partial charge on any atom is -0.286 e. The zero-order chi connectivity index (χ0) is 9.80. The Hall–Kier alpha value is -1.55. The van der Waals surface area contributed by atoms with Crippen molar-refractivity contribution in [2.45, 2.75) is 6.54 Å². The van der Waals surface area contributed by atoms with Crippen molar-refractivity contribution >= 4 is 17.1 Å². The molecule has 0 aliphatic rings. The number of aromatic nitrogens is 2. The number of carbonyl (C=O) groups is 1. The van der Waals surface area contributed by atoms with Crippen LogP contribution in [0.4, 0.5) is 0 Å². The quantitative estimate of drug-likeness (QED) is 0.559. The molecule has 4 heteroatoms. The SMILES string of the molecule is O=C(C[n+]1ccccn1)c1cccs1. The number of hydrogen-bond donors (Lipinski definition) is 0. The average molecular weight is 205 g/mol. The molecule has 2 heterocycles. The predicted octanol–water partition coefficient (Wildman–Crippen LogP) is 1.31. The van der Waals surface area contributed by atoms with Gasteiger partial charge in [0.1, 0.15) is 0 Å². The molecule has 0 radical (unpaired) electrons. The van der Waals surface area contributed by atoms with Gasteiger partial charge in [-0.05, 0) is 22.6 Å². The third-order valence-electron chi connectivity index (χ3n) is 1.77. The minimum absolute atomic E-state index is 0.101. The van der Waals surface area contributed by atoms with E-state index in [1.807, 2.05) is 29.6 Å². The van der Waals surface area contributed by atoms with Gasteiger partial charge in [0.25, 0.3) is 0 Å². The van der Waals surface area contributed by atoms with E-state index in [0.29, 0.717) is 6.54 Å². The monoisotopic (exact) mass is 205 g/mol. The lowest BCUT2D eigenvalue weighted by Crippen LogP contribution is -2.40. The van der Waals surface area contributed by atoms with Crippen molar-refractivity contribution in [1.82, 2.24) is 5.10 Å². The first kappa shape index (κ1) is 9.02. The maximum absolute atomic E-state index is 11.6. The molecule has 0 aliphatic carbocycles. The largest absolute Gasteiger partial charge is 0.286 e. The third-order valence-corrected chi connectivity index (χ3v) is 2.68. The lowest BCUT2D eigenvalue weighted by Gasteiger charge is -1.91. The van der Waals surface area contributed by atoms with Crippen LogP contribution in [0.3, 0.4) is 0 Å². The summed E-state index contributed by atoms with van der Waals surface area (Å²) in [7, 11) is 0. The third kappa shape index (κ3) is 2.03. The number of ketones is 1. The normalized spacial score (nSPS) is 10.0. The molecule has 0 saturated carbocycles. The van der Waals surface area contributed by atoms with Crippen molar-refractivity contribution in [2.24, 2.45) is 0 Å². The van der Waals surface area contributed by atoms with Gasteiger partial charge in [0, 0.05) is 6.07 Å². The van der Waals surface area contributed by atoms with Crippen LogP contribution in [-0.4, -0.2) is 10.9 Å². The van der Waals surface area contributed by atoms with E-state index in [-0.39, 0.29) is 5.78 Å². The Morgan fingerprint density at radius 2 is 2.36 bits per heavy atom. The van der Waals surface area contributed by atoms with Crippen LogP contribution in [0, 0.1) is 0 Å². The van der Waals surface area contributed by atoms with Crippen molar-refractivity contribution in [3.05, 3.63) is 46.9 Å². The first-order valence-electron chi connectivity index (χ1n) is 4.24. The molecule has 0 saturated heterocycles. The molecule has 2 aromatic heterocycles. The minimum atomic E-state index is 0.101. The molecule has 2 aromatic rings. The second kappa shape index (κ2) is 4.11. The zero-order valence-corrected chi connectivity index (χ0v) is 8.28. The average Bonchev–Trinajstić information content (AvgIpc) is 2.72. The van der Waals surface area contributed by atoms with E-state index in [1.54, 1.807) is 17.1 Å². The summed E-state index contributed by atoms with van der Waals surface area (Å²) >= 11 is 1.46. The number of carbonyl (C=O) groups excluding carboxylic acids is 1. The molecule has 3 nitrogen and oxygen atoms in total. The molecule has 0 aromatic carbocycles. The Morgan fingerprint density at radius 3 is 3.00 bits per heavy atom. The van der Waals surface area contributed by atoms with E-state index in [9.17, 15) is 4.79 Å². The van der Waals surface area contributed by atoms with Gasteiger partial charge < -0.3 is 0 Å². The van der Waals surface area contributed by atoms with E-state index in [1.165, 1.54) is 11.3 Å². The maximum Gasteiger partial charge on any atom is 0.239 e. The highest BCUT2D eigenvalue weighted by atomic mass is 32.1. The molecule has 14 heavy (non-hydrogen) atoms. The van der Waals surface area contributed by atoms with Gasteiger partial charge in [0.2, 0.25) is 12.3 Å². The van der Waals surface area contributed by atoms with Crippen molar-refractivity contribution in [2.75, 3.05) is 0 Å². The van der Waals surface area contributed by atoms with Gasteiger partial charge in [-0.2, -0.15) is 0 Å². The second-order valence-corrected chi connectivity index (χ2v) is 3.74. The van der Waals surface area contributed by atoms with E-state index >= 15 is 0 Å². The summed E-state index contributed by atoms with van der Waals surface area (Å²) in [6, 6.07) is 7.39. The van der Waals surface area contributed by atoms with Gasteiger partial charge in [-0.1, -0.05) is 10.7 Å². The summed E-state index contributed by atoms with van der Waals surface area (Å²) in [5.74, 6) is 0.101. The van der Waals surface area contributed by atoms with Crippen LogP contribution < -0.4 is 4.68 Å². The van der Waals surface area contributed by atoms with E-state index in [2.05, 4.69) is 5.10 Å². The van der Waals surface area contributed by atoms with Crippen LogP contribution in [0.15, 0.2) is 42.0 Å². The van der Waals surface area contributed by atoms with E-state index in [0.717, 1.165) is 4.88 Å². The van der Waals surface area contributed by atoms with Gasteiger partial charge in [-0.15, -0.1) is 11.3 Å². The number of thiophene rings is 1. The van der Waals surface area contributed by atoms with Crippen molar-refractivity contribution in [3.63, 3.8) is 0 Å². The standard InChI is InChI=1S/C10H9N2OS/c13-9(10-4-3-7-14-10)8-12-6-2-1-5-11-12/h1-7H,8H2/q+1. The second-order valence-electron chi connectivity index (χ2n) is 2.80. The van der Waals surface area contributed by atoms with Crippen molar-refractivity contribution in [3.8, 4) is 0 Å². The summed E-state index contributed by atoms with van der Waals surface area (Å²) < 4.78 is 1.63. The van der Waals surface area contributed by atoms with Crippen molar-refractivity contribution < 1.29 is 9.48 Å². The number of hydrogen-bond acceptors (Lipinski definition) is 3. The Morgan fingerprint density at radius 1 is 1.43 bits per heavy atom. The fourth-order valence-corrected chi connectivity index (χ4v) is 1.77. The zero-order valence-electron chi connectivity index (χ0n) is 7.46. The molecular weight excluding hydrogens is 196 g/mol. The van der Waals surface area contributed by atoms with Crippen LogP contribution in [0.2, 0.25) is 0 Å². The van der Waals surface area contributed by atoms with Crippen LogP contribution in [0.5, 0.6) is 0 Å². The smallest absolute Gasteiger partial charge is 0.239 e. The van der Waals surface area contributed by atoms with Gasteiger partial charge in [-0.3, -0.25) is 4.79 Å². The molecule has 2 rings (SSSR count). The highest BCUT2D eigenvalue weighted by Gasteiger charge is 2.13. The molecule has 0 amide bonds. The van der Waals surface area contributed by atoms with Gasteiger partial charge in [0.05, 0.1) is 11.1 Å². The number of nitrogens with zero attached hydrogens (tertiary/aromatic N) is 2. The molecule has 0 spiro atoms. The summed E-state index contributed by atoms with van der Waals surface area (Å²) in [5.41, 5.74) is 0. The lowest BCUT2D eigenvalue weighted by molar-refractivity contribution is -0.741. The Bertz CT molecular complexity index is 411. The fourth-order valence-electron chi connectivity index (χ4n) is 1.12. The molecule has 0 bridgehead atoms. The molecule has 0 fully saturated rings. The molecular formula is C10H9N2OS+. The molecule has 70 valence electrons. The first-order valence-corrected chi connectivity index (χ1v) is 5.12. The van der Waals surface area contributed by atoms with Crippen LogP contribution in [0.25, 0.3) is 0 Å². The lowest BCUT2D eigenvalue weighted by atomic mass is 10.3. The van der Waals surface area contributed by atoms with Crippen molar-refractivity contribution in [1.29, 1.82) is 0 Å². The first-order chi connectivity index (χ1) is 6.86. The Labute approximate surface area is 85.6 Å².